The highest BCUT2D eigenvalue weighted by Gasteiger charge is 2.33. The Morgan fingerprint density at radius 2 is 1.74 bits per heavy atom. The first-order valence-corrected chi connectivity index (χ1v) is 7.98. The number of carbonyl (C=O) groups excluding carboxylic acids is 1. The fraction of sp³-hybridized carbons (Fsp3) is 0.824. The number of carbonyl (C=O) groups is 1. The standard InChI is InChI=1S/C17H31NO/c1-4-5-6-7-10-13-16(19)17(2,3)18-14-11-8-9-12-15-18/h4H,1,5-15H2,2-3H3. The van der Waals surface area contributed by atoms with Crippen LogP contribution in [0.3, 0.4) is 0 Å². The van der Waals surface area contributed by atoms with Crippen molar-refractivity contribution < 1.29 is 4.79 Å². The van der Waals surface area contributed by atoms with Gasteiger partial charge in [0.1, 0.15) is 0 Å². The molecule has 2 nitrogen and oxygen atoms in total. The van der Waals surface area contributed by atoms with Crippen molar-refractivity contribution in [2.45, 2.75) is 77.2 Å². The molecule has 1 aliphatic heterocycles. The van der Waals surface area contributed by atoms with Gasteiger partial charge in [-0.1, -0.05) is 25.3 Å². The van der Waals surface area contributed by atoms with Gasteiger partial charge in [-0.05, 0) is 59.0 Å². The monoisotopic (exact) mass is 265 g/mol. The Kier molecular flexibility index (Phi) is 7.37. The van der Waals surface area contributed by atoms with Crippen molar-refractivity contribution in [2.75, 3.05) is 13.1 Å². The Bertz CT molecular complexity index is 275. The Morgan fingerprint density at radius 3 is 2.32 bits per heavy atom. The van der Waals surface area contributed by atoms with Gasteiger partial charge < -0.3 is 0 Å². The first-order valence-electron chi connectivity index (χ1n) is 7.98. The van der Waals surface area contributed by atoms with Crippen LogP contribution in [0, 0.1) is 0 Å². The summed E-state index contributed by atoms with van der Waals surface area (Å²) in [5, 5.41) is 0. The molecule has 0 aromatic rings. The lowest BCUT2D eigenvalue weighted by molar-refractivity contribution is -0.129. The molecule has 1 fully saturated rings. The van der Waals surface area contributed by atoms with Crippen LogP contribution in [0.2, 0.25) is 0 Å². The van der Waals surface area contributed by atoms with Crippen LogP contribution in [-0.4, -0.2) is 29.3 Å². The van der Waals surface area contributed by atoms with E-state index in [2.05, 4.69) is 25.3 Å². The number of Topliss-reactive ketones (excluding diaryl/α,β-unsaturated/α-hetero) is 1. The average molecular weight is 265 g/mol. The first kappa shape index (κ1) is 16.4. The summed E-state index contributed by atoms with van der Waals surface area (Å²) in [5.74, 6) is 0.424. The topological polar surface area (TPSA) is 20.3 Å². The molecule has 0 atom stereocenters. The van der Waals surface area contributed by atoms with Crippen molar-refractivity contribution in [1.82, 2.24) is 4.90 Å². The number of unbranched alkanes of at least 4 members (excludes halogenated alkanes) is 3. The van der Waals surface area contributed by atoms with E-state index in [9.17, 15) is 4.79 Å². The Balaban J connectivity index is 2.36. The third-order valence-corrected chi connectivity index (χ3v) is 4.39. The maximum atomic E-state index is 12.4. The highest BCUT2D eigenvalue weighted by Crippen LogP contribution is 2.23. The fourth-order valence-corrected chi connectivity index (χ4v) is 2.86. The quantitative estimate of drug-likeness (QED) is 0.480. The smallest absolute Gasteiger partial charge is 0.152 e. The zero-order valence-electron chi connectivity index (χ0n) is 12.9. The molecule has 110 valence electrons. The normalized spacial score (nSPS) is 18.0. The van der Waals surface area contributed by atoms with Crippen LogP contribution in [-0.2, 0) is 4.79 Å². The maximum Gasteiger partial charge on any atom is 0.152 e. The van der Waals surface area contributed by atoms with E-state index in [0.29, 0.717) is 5.78 Å². The molecule has 0 aliphatic carbocycles. The third-order valence-electron chi connectivity index (χ3n) is 4.39. The van der Waals surface area contributed by atoms with Crippen LogP contribution in [0.1, 0.15) is 71.6 Å². The summed E-state index contributed by atoms with van der Waals surface area (Å²) in [6, 6.07) is 0. The van der Waals surface area contributed by atoms with Gasteiger partial charge in [-0.3, -0.25) is 9.69 Å². The molecule has 1 heterocycles. The molecule has 0 unspecified atom stereocenters. The molecule has 0 amide bonds. The number of nitrogens with zero attached hydrogens (tertiary/aromatic N) is 1. The van der Waals surface area contributed by atoms with Gasteiger partial charge in [-0.2, -0.15) is 0 Å². The fourth-order valence-electron chi connectivity index (χ4n) is 2.86. The van der Waals surface area contributed by atoms with Gasteiger partial charge in [0.05, 0.1) is 5.54 Å². The highest BCUT2D eigenvalue weighted by atomic mass is 16.1. The number of ketones is 1. The van der Waals surface area contributed by atoms with Crippen molar-refractivity contribution >= 4 is 5.78 Å². The molecule has 2 heteroatoms. The molecule has 0 bridgehead atoms. The minimum Gasteiger partial charge on any atom is -0.298 e. The summed E-state index contributed by atoms with van der Waals surface area (Å²) >= 11 is 0. The first-order chi connectivity index (χ1) is 9.09. The molecule has 0 saturated carbocycles. The van der Waals surface area contributed by atoms with Gasteiger partial charge in [-0.15, -0.1) is 6.58 Å². The lowest BCUT2D eigenvalue weighted by atomic mass is 9.92. The van der Waals surface area contributed by atoms with Crippen LogP contribution >= 0.6 is 0 Å². The largest absolute Gasteiger partial charge is 0.298 e. The maximum absolute atomic E-state index is 12.4. The predicted octanol–water partition coefficient (Wildman–Crippen LogP) is 4.35. The number of hydrogen-bond donors (Lipinski definition) is 0. The van der Waals surface area contributed by atoms with Gasteiger partial charge in [0.25, 0.3) is 0 Å². The summed E-state index contributed by atoms with van der Waals surface area (Å²) in [4.78, 5) is 14.9. The summed E-state index contributed by atoms with van der Waals surface area (Å²) < 4.78 is 0. The molecule has 0 spiro atoms. The van der Waals surface area contributed by atoms with Crippen LogP contribution in [0.5, 0.6) is 0 Å². The van der Waals surface area contributed by atoms with Crippen LogP contribution < -0.4 is 0 Å². The third kappa shape index (κ3) is 5.48. The van der Waals surface area contributed by atoms with E-state index in [1.165, 1.54) is 32.1 Å². The van der Waals surface area contributed by atoms with Crippen LogP contribution in [0.15, 0.2) is 12.7 Å². The minimum absolute atomic E-state index is 0.261. The molecule has 1 rings (SSSR count). The Hall–Kier alpha value is -0.630. The lowest BCUT2D eigenvalue weighted by Gasteiger charge is -2.36. The second-order valence-electron chi connectivity index (χ2n) is 6.27. The molecular weight excluding hydrogens is 234 g/mol. The SMILES string of the molecule is C=CCCCCCC(=O)C(C)(C)N1CCCCCC1. The molecule has 0 aromatic carbocycles. The van der Waals surface area contributed by atoms with Gasteiger partial charge in [0.2, 0.25) is 0 Å². The molecule has 19 heavy (non-hydrogen) atoms. The van der Waals surface area contributed by atoms with E-state index in [1.807, 2.05) is 6.08 Å². The van der Waals surface area contributed by atoms with Crippen molar-refractivity contribution in [3.63, 3.8) is 0 Å². The summed E-state index contributed by atoms with van der Waals surface area (Å²) in [5.41, 5.74) is -0.261. The zero-order chi connectivity index (χ0) is 14.1. The van der Waals surface area contributed by atoms with E-state index in [0.717, 1.165) is 38.8 Å². The summed E-state index contributed by atoms with van der Waals surface area (Å²) in [6.07, 6.45) is 12.3. The Morgan fingerprint density at radius 1 is 1.11 bits per heavy atom. The molecule has 1 aliphatic rings. The number of hydrogen-bond acceptors (Lipinski definition) is 2. The zero-order valence-corrected chi connectivity index (χ0v) is 12.9. The van der Waals surface area contributed by atoms with Gasteiger partial charge >= 0.3 is 0 Å². The Labute approximate surface area is 119 Å². The van der Waals surface area contributed by atoms with E-state index >= 15 is 0 Å². The van der Waals surface area contributed by atoms with Crippen LogP contribution in [0.25, 0.3) is 0 Å². The molecule has 0 N–H and O–H groups in total. The van der Waals surface area contributed by atoms with E-state index < -0.39 is 0 Å². The average Bonchev–Trinajstić information content (AvgIpc) is 2.67. The lowest BCUT2D eigenvalue weighted by Crippen LogP contribution is -2.50. The van der Waals surface area contributed by atoms with E-state index in [-0.39, 0.29) is 5.54 Å². The number of allylic oxidation sites excluding steroid dienone is 1. The van der Waals surface area contributed by atoms with Crippen LogP contribution in [0.4, 0.5) is 0 Å². The van der Waals surface area contributed by atoms with E-state index in [1.54, 1.807) is 0 Å². The molecule has 0 aromatic heterocycles. The molecule has 1 saturated heterocycles. The molecular formula is C17H31NO. The van der Waals surface area contributed by atoms with Crippen molar-refractivity contribution in [2.24, 2.45) is 0 Å². The van der Waals surface area contributed by atoms with Crippen molar-refractivity contribution in [3.05, 3.63) is 12.7 Å². The second-order valence-corrected chi connectivity index (χ2v) is 6.27. The van der Waals surface area contributed by atoms with Crippen molar-refractivity contribution in [1.29, 1.82) is 0 Å². The van der Waals surface area contributed by atoms with Gasteiger partial charge in [0.15, 0.2) is 5.78 Å². The number of likely N-dealkylation sites (tertiary alicyclic amines) is 1. The summed E-state index contributed by atoms with van der Waals surface area (Å²) in [7, 11) is 0. The van der Waals surface area contributed by atoms with Crippen molar-refractivity contribution in [3.8, 4) is 0 Å². The minimum atomic E-state index is -0.261. The predicted molar refractivity (Wildman–Crippen MR) is 82.4 cm³/mol. The second kappa shape index (κ2) is 8.52. The summed E-state index contributed by atoms with van der Waals surface area (Å²) in [6.45, 7) is 10.1. The van der Waals surface area contributed by atoms with E-state index in [4.69, 9.17) is 0 Å². The van der Waals surface area contributed by atoms with Gasteiger partial charge in [-0.25, -0.2) is 0 Å². The van der Waals surface area contributed by atoms with Gasteiger partial charge in [0, 0.05) is 6.42 Å². The number of rotatable bonds is 8. The highest BCUT2D eigenvalue weighted by molar-refractivity contribution is 5.87. The molecule has 0 radical (unpaired) electrons.